The fourth-order valence-corrected chi connectivity index (χ4v) is 1.95. The third kappa shape index (κ3) is 1.40. The monoisotopic (exact) mass is 191 g/mol. The fraction of sp³-hybridized carbons (Fsp3) is 0.500. The second-order valence-electron chi connectivity index (χ2n) is 3.85. The molecule has 1 aromatic rings. The third-order valence-electron chi connectivity index (χ3n) is 2.93. The fourth-order valence-electron chi connectivity index (χ4n) is 1.95. The molecule has 0 radical (unpaired) electrons. The molecule has 0 spiro atoms. The number of aryl methyl sites for hydroxylation is 1. The van der Waals surface area contributed by atoms with Crippen LogP contribution in [0.4, 0.5) is 0 Å². The first-order chi connectivity index (χ1) is 6.74. The molecule has 76 valence electrons. The number of rotatable bonds is 2. The van der Waals surface area contributed by atoms with Gasteiger partial charge >= 0.3 is 0 Å². The minimum Gasteiger partial charge on any atom is -0.491 e. The van der Waals surface area contributed by atoms with Gasteiger partial charge in [-0.2, -0.15) is 0 Å². The number of nitrogens with one attached hydrogen (secondary N) is 1. The highest BCUT2D eigenvalue weighted by Crippen LogP contribution is 2.36. The van der Waals surface area contributed by atoms with Crippen molar-refractivity contribution in [3.8, 4) is 5.75 Å². The van der Waals surface area contributed by atoms with Crippen LogP contribution in [0.2, 0.25) is 0 Å². The first-order valence-corrected chi connectivity index (χ1v) is 5.20. The van der Waals surface area contributed by atoms with Gasteiger partial charge in [-0.25, -0.2) is 0 Å². The lowest BCUT2D eigenvalue weighted by Crippen LogP contribution is -2.21. The summed E-state index contributed by atoms with van der Waals surface area (Å²) in [6.07, 6.45) is 0. The van der Waals surface area contributed by atoms with Crippen molar-refractivity contribution in [3.05, 3.63) is 28.8 Å². The molecule has 1 unspecified atom stereocenters. The van der Waals surface area contributed by atoms with Gasteiger partial charge in [-0.15, -0.1) is 0 Å². The summed E-state index contributed by atoms with van der Waals surface area (Å²) in [6, 6.07) is 4.74. The average Bonchev–Trinajstić information content (AvgIpc) is 2.57. The van der Waals surface area contributed by atoms with E-state index in [0.717, 1.165) is 18.9 Å². The SMILES string of the molecule is CCNC1COc2c1ccc(C)c2C. The van der Waals surface area contributed by atoms with Crippen molar-refractivity contribution < 1.29 is 4.74 Å². The van der Waals surface area contributed by atoms with Crippen LogP contribution in [0.3, 0.4) is 0 Å². The molecule has 14 heavy (non-hydrogen) atoms. The van der Waals surface area contributed by atoms with Crippen molar-refractivity contribution in [2.45, 2.75) is 26.8 Å². The van der Waals surface area contributed by atoms with Crippen LogP contribution in [0, 0.1) is 13.8 Å². The minimum absolute atomic E-state index is 0.384. The van der Waals surface area contributed by atoms with E-state index in [0.29, 0.717) is 6.04 Å². The van der Waals surface area contributed by atoms with E-state index in [1.54, 1.807) is 0 Å². The Kier molecular flexibility index (Phi) is 2.46. The zero-order valence-corrected chi connectivity index (χ0v) is 9.05. The second-order valence-corrected chi connectivity index (χ2v) is 3.85. The summed E-state index contributed by atoms with van der Waals surface area (Å²) in [7, 11) is 0. The van der Waals surface area contributed by atoms with Gasteiger partial charge in [0.1, 0.15) is 12.4 Å². The zero-order valence-electron chi connectivity index (χ0n) is 9.05. The topological polar surface area (TPSA) is 21.3 Å². The Balaban J connectivity index is 2.37. The molecular formula is C12H17NO. The molecule has 1 heterocycles. The largest absolute Gasteiger partial charge is 0.491 e. The van der Waals surface area contributed by atoms with Crippen LogP contribution in [0.25, 0.3) is 0 Å². The van der Waals surface area contributed by atoms with E-state index in [1.807, 2.05) is 0 Å². The van der Waals surface area contributed by atoms with Crippen LogP contribution < -0.4 is 10.1 Å². The predicted molar refractivity (Wildman–Crippen MR) is 57.8 cm³/mol. The van der Waals surface area contributed by atoms with Gasteiger partial charge in [-0.1, -0.05) is 19.1 Å². The Hall–Kier alpha value is -1.02. The molecule has 0 fully saturated rings. The Morgan fingerprint density at radius 1 is 1.43 bits per heavy atom. The van der Waals surface area contributed by atoms with Crippen LogP contribution in [0.1, 0.15) is 29.7 Å². The molecule has 2 nitrogen and oxygen atoms in total. The summed E-state index contributed by atoms with van der Waals surface area (Å²) in [5, 5.41) is 3.42. The summed E-state index contributed by atoms with van der Waals surface area (Å²) >= 11 is 0. The van der Waals surface area contributed by atoms with Crippen LogP contribution in [-0.2, 0) is 0 Å². The summed E-state index contributed by atoms with van der Waals surface area (Å²) in [5.74, 6) is 1.09. The van der Waals surface area contributed by atoms with Crippen LogP contribution in [-0.4, -0.2) is 13.2 Å². The zero-order chi connectivity index (χ0) is 10.1. The molecule has 0 amide bonds. The molecule has 2 heteroatoms. The van der Waals surface area contributed by atoms with E-state index >= 15 is 0 Å². The maximum atomic E-state index is 5.71. The van der Waals surface area contributed by atoms with Gasteiger partial charge in [0.15, 0.2) is 0 Å². The van der Waals surface area contributed by atoms with Crippen LogP contribution in [0.5, 0.6) is 5.75 Å². The number of benzene rings is 1. The molecule has 1 aliphatic heterocycles. The molecular weight excluding hydrogens is 174 g/mol. The van der Waals surface area contributed by atoms with Gasteiger partial charge in [0.2, 0.25) is 0 Å². The van der Waals surface area contributed by atoms with E-state index in [1.165, 1.54) is 16.7 Å². The molecule has 0 saturated heterocycles. The van der Waals surface area contributed by atoms with Crippen LogP contribution >= 0.6 is 0 Å². The number of hydrogen-bond acceptors (Lipinski definition) is 2. The van der Waals surface area contributed by atoms with E-state index in [-0.39, 0.29) is 0 Å². The summed E-state index contributed by atoms with van der Waals surface area (Å²) in [5.41, 5.74) is 3.90. The molecule has 0 bridgehead atoms. The third-order valence-corrected chi connectivity index (χ3v) is 2.93. The highest BCUT2D eigenvalue weighted by Gasteiger charge is 2.24. The lowest BCUT2D eigenvalue weighted by Gasteiger charge is -2.10. The van der Waals surface area contributed by atoms with Crippen molar-refractivity contribution in [1.82, 2.24) is 5.32 Å². The van der Waals surface area contributed by atoms with Crippen molar-refractivity contribution in [2.24, 2.45) is 0 Å². The van der Waals surface area contributed by atoms with Crippen molar-refractivity contribution >= 4 is 0 Å². The standard InChI is InChI=1S/C12H17NO/c1-4-13-11-7-14-12-9(3)8(2)5-6-10(11)12/h5-6,11,13H,4,7H2,1-3H3. The van der Waals surface area contributed by atoms with E-state index < -0.39 is 0 Å². The number of likely N-dealkylation sites (N-methyl/N-ethyl adjacent to an activating group) is 1. The molecule has 0 aromatic heterocycles. The molecule has 2 rings (SSSR count). The quantitative estimate of drug-likeness (QED) is 0.774. The Morgan fingerprint density at radius 3 is 2.93 bits per heavy atom. The highest BCUT2D eigenvalue weighted by molar-refractivity contribution is 5.49. The smallest absolute Gasteiger partial charge is 0.127 e. The summed E-state index contributed by atoms with van der Waals surface area (Å²) in [4.78, 5) is 0. The maximum absolute atomic E-state index is 5.71. The Morgan fingerprint density at radius 2 is 2.21 bits per heavy atom. The Labute approximate surface area is 85.3 Å². The van der Waals surface area contributed by atoms with Crippen molar-refractivity contribution in [1.29, 1.82) is 0 Å². The molecule has 0 aliphatic carbocycles. The molecule has 1 atom stereocenters. The normalized spacial score (nSPS) is 19.2. The van der Waals surface area contributed by atoms with E-state index in [9.17, 15) is 0 Å². The van der Waals surface area contributed by atoms with Gasteiger partial charge in [0.05, 0.1) is 6.04 Å². The lowest BCUT2D eigenvalue weighted by atomic mass is 10.0. The number of ether oxygens (including phenoxy) is 1. The van der Waals surface area contributed by atoms with E-state index in [2.05, 4.69) is 38.2 Å². The van der Waals surface area contributed by atoms with Gasteiger partial charge in [-0.3, -0.25) is 0 Å². The number of fused-ring (bicyclic) bond motifs is 1. The first kappa shape index (κ1) is 9.53. The minimum atomic E-state index is 0.384. The van der Waals surface area contributed by atoms with Gasteiger partial charge < -0.3 is 10.1 Å². The average molecular weight is 191 g/mol. The molecule has 0 saturated carbocycles. The molecule has 1 aromatic carbocycles. The van der Waals surface area contributed by atoms with Crippen molar-refractivity contribution in [2.75, 3.05) is 13.2 Å². The highest BCUT2D eigenvalue weighted by atomic mass is 16.5. The van der Waals surface area contributed by atoms with Gasteiger partial charge in [0, 0.05) is 5.56 Å². The predicted octanol–water partition coefficient (Wildman–Crippen LogP) is 2.35. The first-order valence-electron chi connectivity index (χ1n) is 5.20. The van der Waals surface area contributed by atoms with Gasteiger partial charge in [0.25, 0.3) is 0 Å². The summed E-state index contributed by atoms with van der Waals surface area (Å²) < 4.78 is 5.71. The molecule has 1 aliphatic rings. The Bertz CT molecular complexity index is 346. The number of hydrogen-bond donors (Lipinski definition) is 1. The maximum Gasteiger partial charge on any atom is 0.127 e. The van der Waals surface area contributed by atoms with Crippen molar-refractivity contribution in [3.63, 3.8) is 0 Å². The van der Waals surface area contributed by atoms with Gasteiger partial charge in [-0.05, 0) is 31.5 Å². The summed E-state index contributed by atoms with van der Waals surface area (Å²) in [6.45, 7) is 8.13. The lowest BCUT2D eigenvalue weighted by molar-refractivity contribution is 0.312. The molecule has 1 N–H and O–H groups in total. The van der Waals surface area contributed by atoms with Crippen LogP contribution in [0.15, 0.2) is 12.1 Å². The second kappa shape index (κ2) is 3.62. The van der Waals surface area contributed by atoms with E-state index in [4.69, 9.17) is 4.74 Å².